The lowest BCUT2D eigenvalue weighted by atomic mass is 10.1. The highest BCUT2D eigenvalue weighted by atomic mass is 79.9. The summed E-state index contributed by atoms with van der Waals surface area (Å²) in [4.78, 5) is 11.5. The molecule has 0 bridgehead atoms. The van der Waals surface area contributed by atoms with E-state index in [2.05, 4.69) is 31.9 Å². The SMILES string of the molecule is CCOC(=O)c1cccc(CBr)c1Br. The maximum absolute atomic E-state index is 11.5. The van der Waals surface area contributed by atoms with Gasteiger partial charge in [-0.3, -0.25) is 0 Å². The predicted octanol–water partition coefficient (Wildman–Crippen LogP) is 3.52. The van der Waals surface area contributed by atoms with Crippen LogP contribution in [0.5, 0.6) is 0 Å². The fourth-order valence-electron chi connectivity index (χ4n) is 1.05. The fourth-order valence-corrected chi connectivity index (χ4v) is 2.46. The number of benzene rings is 1. The first-order chi connectivity index (χ1) is 6.70. The second-order valence-corrected chi connectivity index (χ2v) is 3.99. The summed E-state index contributed by atoms with van der Waals surface area (Å²) in [5, 5.41) is 0.709. The Kier molecular flexibility index (Phi) is 4.62. The van der Waals surface area contributed by atoms with Gasteiger partial charge in [-0.1, -0.05) is 28.1 Å². The Morgan fingerprint density at radius 3 is 2.79 bits per heavy atom. The molecule has 2 nitrogen and oxygen atoms in total. The summed E-state index contributed by atoms with van der Waals surface area (Å²) < 4.78 is 5.73. The smallest absolute Gasteiger partial charge is 0.339 e. The predicted molar refractivity (Wildman–Crippen MR) is 62.7 cm³/mol. The first-order valence-electron chi connectivity index (χ1n) is 4.21. The summed E-state index contributed by atoms with van der Waals surface area (Å²) in [7, 11) is 0. The molecular formula is C10H10Br2O2. The molecule has 0 atom stereocenters. The summed E-state index contributed by atoms with van der Waals surface area (Å²) in [6.07, 6.45) is 0. The van der Waals surface area contributed by atoms with E-state index in [4.69, 9.17) is 4.74 Å². The van der Waals surface area contributed by atoms with Crippen LogP contribution in [0.2, 0.25) is 0 Å². The second-order valence-electron chi connectivity index (χ2n) is 2.63. The Hall–Kier alpha value is -0.350. The number of carbonyl (C=O) groups is 1. The van der Waals surface area contributed by atoms with Gasteiger partial charge in [-0.15, -0.1) is 0 Å². The van der Waals surface area contributed by atoms with Crippen molar-refractivity contribution in [3.8, 4) is 0 Å². The standard InChI is InChI=1S/C10H10Br2O2/c1-2-14-10(13)8-5-3-4-7(6-11)9(8)12/h3-5H,2,6H2,1H3. The van der Waals surface area contributed by atoms with Gasteiger partial charge in [-0.05, 0) is 34.5 Å². The van der Waals surface area contributed by atoms with E-state index in [1.807, 2.05) is 12.1 Å². The molecule has 0 aromatic heterocycles. The molecule has 14 heavy (non-hydrogen) atoms. The molecular weight excluding hydrogens is 312 g/mol. The van der Waals surface area contributed by atoms with E-state index in [0.717, 1.165) is 10.0 Å². The lowest BCUT2D eigenvalue weighted by Crippen LogP contribution is -2.06. The third kappa shape index (κ3) is 2.58. The Morgan fingerprint density at radius 2 is 2.21 bits per heavy atom. The number of ether oxygens (including phenoxy) is 1. The molecule has 1 rings (SSSR count). The Bertz CT molecular complexity index is 337. The van der Waals surface area contributed by atoms with E-state index >= 15 is 0 Å². The molecule has 76 valence electrons. The van der Waals surface area contributed by atoms with Gasteiger partial charge in [0, 0.05) is 9.80 Å². The number of halogens is 2. The van der Waals surface area contributed by atoms with E-state index in [-0.39, 0.29) is 5.97 Å². The molecule has 0 aliphatic carbocycles. The number of rotatable bonds is 3. The van der Waals surface area contributed by atoms with Crippen molar-refractivity contribution in [1.29, 1.82) is 0 Å². The molecule has 0 fully saturated rings. The molecule has 0 aliphatic rings. The number of alkyl halides is 1. The van der Waals surface area contributed by atoms with Crippen molar-refractivity contribution in [3.05, 3.63) is 33.8 Å². The van der Waals surface area contributed by atoms with Crippen LogP contribution in [0.15, 0.2) is 22.7 Å². The minimum atomic E-state index is -0.290. The molecule has 0 radical (unpaired) electrons. The summed E-state index contributed by atoms with van der Waals surface area (Å²) >= 11 is 6.73. The zero-order chi connectivity index (χ0) is 10.6. The van der Waals surface area contributed by atoms with Gasteiger partial charge in [0.05, 0.1) is 12.2 Å². The van der Waals surface area contributed by atoms with Crippen molar-refractivity contribution < 1.29 is 9.53 Å². The number of esters is 1. The Labute approximate surface area is 99.9 Å². The van der Waals surface area contributed by atoms with Gasteiger partial charge in [0.25, 0.3) is 0 Å². The lowest BCUT2D eigenvalue weighted by Gasteiger charge is -2.06. The van der Waals surface area contributed by atoms with Crippen LogP contribution < -0.4 is 0 Å². The molecule has 1 aromatic rings. The molecule has 0 spiro atoms. The highest BCUT2D eigenvalue weighted by molar-refractivity contribution is 9.10. The van der Waals surface area contributed by atoms with Crippen molar-refractivity contribution in [1.82, 2.24) is 0 Å². The average molecular weight is 322 g/mol. The molecule has 0 saturated carbocycles. The molecule has 0 unspecified atom stereocenters. The number of hydrogen-bond acceptors (Lipinski definition) is 2. The van der Waals surface area contributed by atoms with Crippen LogP contribution in [0.1, 0.15) is 22.8 Å². The first kappa shape index (κ1) is 11.7. The number of hydrogen-bond donors (Lipinski definition) is 0. The molecule has 0 saturated heterocycles. The van der Waals surface area contributed by atoms with Crippen LogP contribution in [0, 0.1) is 0 Å². The van der Waals surface area contributed by atoms with Gasteiger partial charge in [0.2, 0.25) is 0 Å². The van der Waals surface area contributed by atoms with Crippen molar-refractivity contribution in [2.45, 2.75) is 12.3 Å². The largest absolute Gasteiger partial charge is 0.462 e. The zero-order valence-corrected chi connectivity index (χ0v) is 10.9. The van der Waals surface area contributed by atoms with E-state index in [9.17, 15) is 4.79 Å². The topological polar surface area (TPSA) is 26.3 Å². The van der Waals surface area contributed by atoms with Crippen molar-refractivity contribution >= 4 is 37.8 Å². The van der Waals surface area contributed by atoms with Crippen LogP contribution in [0.25, 0.3) is 0 Å². The van der Waals surface area contributed by atoms with Crippen molar-refractivity contribution in [2.24, 2.45) is 0 Å². The molecule has 1 aromatic carbocycles. The van der Waals surface area contributed by atoms with Crippen molar-refractivity contribution in [3.63, 3.8) is 0 Å². The van der Waals surface area contributed by atoms with Crippen LogP contribution in [-0.2, 0) is 10.1 Å². The Morgan fingerprint density at radius 1 is 1.50 bits per heavy atom. The van der Waals surface area contributed by atoms with Gasteiger partial charge < -0.3 is 4.74 Å². The van der Waals surface area contributed by atoms with Gasteiger partial charge in [-0.25, -0.2) is 4.79 Å². The van der Waals surface area contributed by atoms with Gasteiger partial charge in [0.1, 0.15) is 0 Å². The summed E-state index contributed by atoms with van der Waals surface area (Å²) in [5.74, 6) is -0.290. The number of carbonyl (C=O) groups excluding carboxylic acids is 1. The van der Waals surface area contributed by atoms with Crippen LogP contribution in [0.3, 0.4) is 0 Å². The van der Waals surface area contributed by atoms with E-state index in [1.54, 1.807) is 13.0 Å². The van der Waals surface area contributed by atoms with Gasteiger partial charge in [-0.2, -0.15) is 0 Å². The first-order valence-corrected chi connectivity index (χ1v) is 6.12. The second kappa shape index (κ2) is 5.51. The van der Waals surface area contributed by atoms with E-state index < -0.39 is 0 Å². The lowest BCUT2D eigenvalue weighted by molar-refractivity contribution is 0.0525. The zero-order valence-electron chi connectivity index (χ0n) is 7.72. The molecule has 4 heteroatoms. The van der Waals surface area contributed by atoms with Crippen molar-refractivity contribution in [2.75, 3.05) is 6.61 Å². The molecule has 0 heterocycles. The average Bonchev–Trinajstić information content (AvgIpc) is 2.18. The molecule has 0 N–H and O–H groups in total. The summed E-state index contributed by atoms with van der Waals surface area (Å²) in [6, 6.07) is 5.53. The monoisotopic (exact) mass is 320 g/mol. The summed E-state index contributed by atoms with van der Waals surface area (Å²) in [5.41, 5.74) is 1.61. The normalized spacial score (nSPS) is 9.93. The van der Waals surface area contributed by atoms with Gasteiger partial charge in [0.15, 0.2) is 0 Å². The fraction of sp³-hybridized carbons (Fsp3) is 0.300. The minimum absolute atomic E-state index is 0.290. The van der Waals surface area contributed by atoms with Crippen LogP contribution in [-0.4, -0.2) is 12.6 Å². The third-order valence-electron chi connectivity index (χ3n) is 1.72. The minimum Gasteiger partial charge on any atom is -0.462 e. The maximum Gasteiger partial charge on any atom is 0.339 e. The van der Waals surface area contributed by atoms with E-state index in [0.29, 0.717) is 17.5 Å². The van der Waals surface area contributed by atoms with Crippen LogP contribution in [0.4, 0.5) is 0 Å². The molecule has 0 amide bonds. The highest BCUT2D eigenvalue weighted by Crippen LogP contribution is 2.24. The van der Waals surface area contributed by atoms with E-state index in [1.165, 1.54) is 0 Å². The maximum atomic E-state index is 11.5. The quantitative estimate of drug-likeness (QED) is 0.629. The Balaban J connectivity index is 3.03. The molecule has 0 aliphatic heterocycles. The van der Waals surface area contributed by atoms with Gasteiger partial charge >= 0.3 is 5.97 Å². The highest BCUT2D eigenvalue weighted by Gasteiger charge is 2.12. The summed E-state index contributed by atoms with van der Waals surface area (Å²) in [6.45, 7) is 2.18. The third-order valence-corrected chi connectivity index (χ3v) is 3.26. The van der Waals surface area contributed by atoms with Crippen LogP contribution >= 0.6 is 31.9 Å².